The van der Waals surface area contributed by atoms with Gasteiger partial charge in [0.15, 0.2) is 11.6 Å². The van der Waals surface area contributed by atoms with Crippen molar-refractivity contribution < 1.29 is 0 Å². The predicted molar refractivity (Wildman–Crippen MR) is 502 cm³/mol. The number of nitrogens with zero attached hydrogens (tertiary/aromatic N) is 11. The van der Waals surface area contributed by atoms with E-state index in [1.807, 2.05) is 146 Å². The van der Waals surface area contributed by atoms with Gasteiger partial charge >= 0.3 is 0 Å². The molecule has 576 valence electrons. The minimum absolute atomic E-state index is 0.584. The second-order valence-electron chi connectivity index (χ2n) is 30.3. The van der Waals surface area contributed by atoms with Crippen LogP contribution in [0.5, 0.6) is 0 Å². The van der Waals surface area contributed by atoms with Crippen molar-refractivity contribution in [2.24, 2.45) is 0 Å². The van der Waals surface area contributed by atoms with Gasteiger partial charge in [0.05, 0.1) is 78.7 Å². The third-order valence-electron chi connectivity index (χ3n) is 22.3. The van der Waals surface area contributed by atoms with Crippen LogP contribution in [0.15, 0.2) is 400 Å². The molecular formula is C111H77N11. The highest BCUT2D eigenvalue weighted by molar-refractivity contribution is 6.13. The zero-order chi connectivity index (χ0) is 81.8. The van der Waals surface area contributed by atoms with Crippen molar-refractivity contribution in [1.29, 1.82) is 0 Å². The molecule has 22 aromatic rings. The summed E-state index contributed by atoms with van der Waals surface area (Å²) in [6, 6.07) is 138. The van der Waals surface area contributed by atoms with Gasteiger partial charge in [-0.3, -0.25) is 15.0 Å². The minimum atomic E-state index is 0.584. The lowest BCUT2D eigenvalue weighted by Crippen LogP contribution is -1.98. The second kappa shape index (κ2) is 33.1. The van der Waals surface area contributed by atoms with Gasteiger partial charge in [-0.1, -0.05) is 347 Å². The van der Waals surface area contributed by atoms with E-state index in [-0.39, 0.29) is 0 Å². The normalized spacial score (nSPS) is 11.3. The maximum atomic E-state index is 5.23. The lowest BCUT2D eigenvalue weighted by Gasteiger charge is -2.13. The van der Waals surface area contributed by atoms with Crippen LogP contribution in [0, 0.1) is 13.8 Å². The monoisotopic (exact) mass is 1560 g/mol. The van der Waals surface area contributed by atoms with Crippen LogP contribution in [0.1, 0.15) is 24.0 Å². The van der Waals surface area contributed by atoms with E-state index in [1.54, 1.807) is 0 Å². The van der Waals surface area contributed by atoms with Crippen LogP contribution in [0.25, 0.3) is 211 Å². The van der Waals surface area contributed by atoms with Gasteiger partial charge in [0.1, 0.15) is 5.69 Å². The molecule has 0 N–H and O–H groups in total. The fourth-order valence-corrected chi connectivity index (χ4v) is 16.3. The van der Waals surface area contributed by atoms with E-state index in [0.717, 1.165) is 185 Å². The molecule has 0 bridgehead atoms. The summed E-state index contributed by atoms with van der Waals surface area (Å²) < 4.78 is 0. The summed E-state index contributed by atoms with van der Waals surface area (Å²) in [4.78, 5) is 55.7. The summed E-state index contributed by atoms with van der Waals surface area (Å²) in [6.07, 6.45) is 0.854. The summed E-state index contributed by atoms with van der Waals surface area (Å²) in [7, 11) is 0. The van der Waals surface area contributed by atoms with Crippen LogP contribution < -0.4 is 0 Å². The molecule has 0 saturated carbocycles. The lowest BCUT2D eigenvalue weighted by molar-refractivity contribution is 1.06. The first-order valence-electron chi connectivity index (χ1n) is 41.1. The molecule has 0 saturated heterocycles. The maximum absolute atomic E-state index is 5.23. The van der Waals surface area contributed by atoms with Crippen LogP contribution in [0.3, 0.4) is 0 Å². The molecule has 0 aliphatic heterocycles. The van der Waals surface area contributed by atoms with E-state index in [9.17, 15) is 0 Å². The molecule has 11 nitrogen and oxygen atoms in total. The number of rotatable bonds is 13. The Morgan fingerprint density at radius 1 is 0.172 bits per heavy atom. The van der Waals surface area contributed by atoms with Gasteiger partial charge in [-0.25, -0.2) is 39.9 Å². The van der Waals surface area contributed by atoms with Crippen molar-refractivity contribution >= 4 is 76.2 Å². The molecule has 0 spiro atoms. The van der Waals surface area contributed by atoms with Gasteiger partial charge in [-0.15, -0.1) is 0 Å². The first kappa shape index (κ1) is 74.7. The quantitative estimate of drug-likeness (QED) is 0.102. The minimum Gasteiger partial charge on any atom is -0.251 e. The zero-order valence-electron chi connectivity index (χ0n) is 67.2. The van der Waals surface area contributed by atoms with Gasteiger partial charge in [-0.2, -0.15) is 0 Å². The Kier molecular flexibility index (Phi) is 20.3. The van der Waals surface area contributed by atoms with Crippen LogP contribution in [-0.2, 0) is 6.42 Å². The first-order valence-corrected chi connectivity index (χ1v) is 41.1. The van der Waals surface area contributed by atoms with Gasteiger partial charge in [0.2, 0.25) is 0 Å². The Balaban J connectivity index is 0.000000117. The average molecular weight is 1560 g/mol. The van der Waals surface area contributed by atoms with Crippen molar-refractivity contribution in [3.8, 4) is 135 Å². The van der Waals surface area contributed by atoms with E-state index in [0.29, 0.717) is 17.3 Å². The zero-order valence-corrected chi connectivity index (χ0v) is 67.2. The Bertz CT molecular complexity index is 7480. The third-order valence-corrected chi connectivity index (χ3v) is 22.3. The van der Waals surface area contributed by atoms with Crippen molar-refractivity contribution in [3.63, 3.8) is 0 Å². The number of aryl methyl sites for hydroxylation is 3. The molecule has 13 aromatic carbocycles. The molecule has 122 heavy (non-hydrogen) atoms. The van der Waals surface area contributed by atoms with E-state index in [1.165, 1.54) is 33.0 Å². The number of benzene rings is 13. The summed E-state index contributed by atoms with van der Waals surface area (Å²) in [6.45, 7) is 6.24. The largest absolute Gasteiger partial charge is 0.251 e. The van der Waals surface area contributed by atoms with E-state index < -0.39 is 0 Å². The maximum Gasteiger partial charge on any atom is 0.179 e. The van der Waals surface area contributed by atoms with E-state index in [4.69, 9.17) is 54.8 Å². The number of aromatic nitrogens is 11. The van der Waals surface area contributed by atoms with Crippen molar-refractivity contribution in [2.45, 2.75) is 27.2 Å². The van der Waals surface area contributed by atoms with Crippen LogP contribution in [0.4, 0.5) is 0 Å². The van der Waals surface area contributed by atoms with Crippen LogP contribution >= 0.6 is 0 Å². The van der Waals surface area contributed by atoms with Gasteiger partial charge < -0.3 is 0 Å². The molecule has 0 amide bonds. The average Bonchev–Trinajstić information content (AvgIpc) is 0.754. The Morgan fingerprint density at radius 2 is 0.516 bits per heavy atom. The number of hydrogen-bond acceptors (Lipinski definition) is 11. The van der Waals surface area contributed by atoms with Crippen molar-refractivity contribution in [2.75, 3.05) is 0 Å². The second-order valence-corrected chi connectivity index (χ2v) is 30.3. The molecule has 11 heteroatoms. The smallest absolute Gasteiger partial charge is 0.179 e. The molecule has 22 rings (SSSR count). The van der Waals surface area contributed by atoms with Crippen LogP contribution in [0.2, 0.25) is 0 Å². The Labute approximate surface area is 706 Å². The predicted octanol–water partition coefficient (Wildman–Crippen LogP) is 27.7. The van der Waals surface area contributed by atoms with Crippen molar-refractivity contribution in [3.05, 3.63) is 417 Å². The van der Waals surface area contributed by atoms with Crippen molar-refractivity contribution in [1.82, 2.24) is 54.8 Å². The van der Waals surface area contributed by atoms with Gasteiger partial charge in [0, 0.05) is 77.2 Å². The highest BCUT2D eigenvalue weighted by Gasteiger charge is 2.21. The highest BCUT2D eigenvalue weighted by Crippen LogP contribution is 2.41. The molecular weight excluding hydrogens is 1490 g/mol. The highest BCUT2D eigenvalue weighted by atomic mass is 14.9. The third kappa shape index (κ3) is 15.2. The van der Waals surface area contributed by atoms with E-state index in [2.05, 4.69) is 275 Å². The lowest BCUT2D eigenvalue weighted by atomic mass is 9.94. The fraction of sp³-hybridized carbons (Fsp3) is 0.0360. The molecule has 0 atom stereocenters. The fourth-order valence-electron chi connectivity index (χ4n) is 16.3. The molecule has 9 heterocycles. The topological polar surface area (TPSA) is 142 Å². The van der Waals surface area contributed by atoms with Crippen LogP contribution in [-0.4, -0.2) is 54.8 Å². The molecule has 0 aliphatic carbocycles. The molecule has 9 aromatic heterocycles. The van der Waals surface area contributed by atoms with Gasteiger partial charge in [0.25, 0.3) is 0 Å². The Hall–Kier alpha value is -16.1. The summed E-state index contributed by atoms with van der Waals surface area (Å²) >= 11 is 0. The number of pyridine rings is 7. The Morgan fingerprint density at radius 3 is 1.01 bits per heavy atom. The SMILES string of the molecule is CCc1cc(-c2ccccc2)c2ccc3ccc(-c4cc(-c5ccccc5)cc(-c5ccccc5)n4)nc3c2n1.Cc1cc(-c2cccc3ccccc23)c2ccc3ccc(-c4nc(-c5ccccc5)cc(-c5ccccc5)n4)nc3c2n1.Cc1cc(-c2ccccc2)c2ccc3ccc(-c4cc(-c5ccccc5)nc(-c5ccccc5)n4)nc3c2n1. The molecule has 0 unspecified atom stereocenters. The van der Waals surface area contributed by atoms with Gasteiger partial charge in [-0.05, 0) is 136 Å². The summed E-state index contributed by atoms with van der Waals surface area (Å²) in [5.74, 6) is 1.26. The first-order chi connectivity index (χ1) is 60.2. The molecule has 0 fully saturated rings. The number of hydrogen-bond donors (Lipinski definition) is 0. The summed E-state index contributed by atoms with van der Waals surface area (Å²) in [5, 5.41) is 8.84. The number of fused-ring (bicyclic) bond motifs is 10. The summed E-state index contributed by atoms with van der Waals surface area (Å²) in [5.41, 5.74) is 30.2. The standard InChI is InChI=1S/C39H26N4.C37H27N3.C35H24N4/c1-25-23-33(31-18-10-16-26-11-8-9-17-30(26)31)32-21-19-29-20-22-34(41-37(29)38(32)40-25)39-42-35(27-12-4-2-5-13-27)24-36(43-39)28-14-6-3-7-15-28;1-2-30-24-32(26-14-8-4-9-15-26)31-20-18-28-19-21-33(40-36(28)37(31)38-30)35-23-29(25-12-6-3-7-13-25)22-34(39-35)27-16-10-5-11-17-27;1-23-21-29(24-11-5-2-6-12-24)28-19-17-26-18-20-30(37-33(26)34(28)36-23)32-22-31(25-13-7-3-8-14-25)38-35(39-32)27-15-9-4-10-16-27/h2-24H,1H3;3-24H,2H2,1H3;2-22H,1H3. The molecule has 0 aliphatic rings. The van der Waals surface area contributed by atoms with E-state index >= 15 is 0 Å². The molecule has 0 radical (unpaired) electrons.